The Kier molecular flexibility index (Phi) is 5.89. The number of pyridine rings is 1. The minimum absolute atomic E-state index is 0.143. The van der Waals surface area contributed by atoms with Gasteiger partial charge in [-0.25, -0.2) is 4.79 Å². The molecular weight excluding hydrogens is 383 g/mol. The average Bonchev–Trinajstić information content (AvgIpc) is 2.81. The van der Waals surface area contributed by atoms with Crippen molar-refractivity contribution < 1.29 is 4.79 Å². The SMILES string of the molecule is O=C(Nc1cccc(Cl)c1)N1CCCN(c2c(Cl)cncc2Cl)CC1. The Morgan fingerprint density at radius 3 is 2.52 bits per heavy atom. The highest BCUT2D eigenvalue weighted by atomic mass is 35.5. The van der Waals surface area contributed by atoms with Crippen molar-refractivity contribution >= 4 is 52.2 Å². The third kappa shape index (κ3) is 4.48. The van der Waals surface area contributed by atoms with Gasteiger partial charge in [-0.3, -0.25) is 4.98 Å². The molecule has 1 aliphatic heterocycles. The van der Waals surface area contributed by atoms with Crippen LogP contribution < -0.4 is 10.2 Å². The number of anilines is 2. The number of carbonyl (C=O) groups is 1. The molecule has 5 nitrogen and oxygen atoms in total. The quantitative estimate of drug-likeness (QED) is 0.790. The summed E-state index contributed by atoms with van der Waals surface area (Å²) in [5.41, 5.74) is 1.45. The first-order valence-electron chi connectivity index (χ1n) is 7.90. The van der Waals surface area contributed by atoms with Crippen molar-refractivity contribution in [3.63, 3.8) is 0 Å². The molecule has 0 atom stereocenters. The molecule has 1 N–H and O–H groups in total. The molecule has 2 heterocycles. The van der Waals surface area contributed by atoms with Crippen molar-refractivity contribution in [2.24, 2.45) is 0 Å². The summed E-state index contributed by atoms with van der Waals surface area (Å²) in [5, 5.41) is 4.50. The summed E-state index contributed by atoms with van der Waals surface area (Å²) in [7, 11) is 0. The normalized spacial score (nSPS) is 15.0. The highest BCUT2D eigenvalue weighted by molar-refractivity contribution is 6.38. The summed E-state index contributed by atoms with van der Waals surface area (Å²) in [6.45, 7) is 2.64. The molecule has 1 aromatic carbocycles. The van der Waals surface area contributed by atoms with Gasteiger partial charge in [0.2, 0.25) is 0 Å². The molecule has 8 heteroatoms. The number of benzene rings is 1. The fourth-order valence-electron chi connectivity index (χ4n) is 2.82. The monoisotopic (exact) mass is 398 g/mol. The lowest BCUT2D eigenvalue weighted by Crippen LogP contribution is -2.38. The number of nitrogens with one attached hydrogen (secondary N) is 1. The zero-order chi connectivity index (χ0) is 17.8. The van der Waals surface area contributed by atoms with E-state index in [2.05, 4.69) is 15.2 Å². The summed E-state index contributed by atoms with van der Waals surface area (Å²) in [4.78, 5) is 20.4. The summed E-state index contributed by atoms with van der Waals surface area (Å²) >= 11 is 18.4. The third-order valence-electron chi connectivity index (χ3n) is 4.00. The van der Waals surface area contributed by atoms with E-state index in [0.717, 1.165) is 18.7 Å². The van der Waals surface area contributed by atoms with Crippen LogP contribution >= 0.6 is 34.8 Å². The van der Waals surface area contributed by atoms with Crippen LogP contribution in [0.3, 0.4) is 0 Å². The number of carbonyl (C=O) groups excluding carboxylic acids is 1. The van der Waals surface area contributed by atoms with E-state index in [0.29, 0.717) is 40.4 Å². The molecule has 0 aliphatic carbocycles. The average molecular weight is 400 g/mol. The van der Waals surface area contributed by atoms with E-state index in [-0.39, 0.29) is 6.03 Å². The fourth-order valence-corrected chi connectivity index (χ4v) is 3.61. The lowest BCUT2D eigenvalue weighted by Gasteiger charge is -2.25. The van der Waals surface area contributed by atoms with Crippen LogP contribution in [0.15, 0.2) is 36.7 Å². The van der Waals surface area contributed by atoms with Gasteiger partial charge < -0.3 is 15.1 Å². The molecule has 3 rings (SSSR count). The number of hydrogen-bond acceptors (Lipinski definition) is 3. The first kappa shape index (κ1) is 18.1. The van der Waals surface area contributed by atoms with Crippen LogP contribution in [0.1, 0.15) is 6.42 Å². The number of amides is 2. The Morgan fingerprint density at radius 1 is 1.04 bits per heavy atom. The number of nitrogens with zero attached hydrogens (tertiary/aromatic N) is 3. The Bertz CT molecular complexity index is 751. The van der Waals surface area contributed by atoms with Crippen molar-refractivity contribution in [1.29, 1.82) is 0 Å². The van der Waals surface area contributed by atoms with Crippen molar-refractivity contribution in [3.05, 3.63) is 51.7 Å². The van der Waals surface area contributed by atoms with Crippen LogP contribution in [0.5, 0.6) is 0 Å². The second-order valence-electron chi connectivity index (χ2n) is 5.72. The maximum atomic E-state index is 12.5. The van der Waals surface area contributed by atoms with Crippen LogP contribution in [-0.2, 0) is 0 Å². The number of hydrogen-bond donors (Lipinski definition) is 1. The van der Waals surface area contributed by atoms with Gasteiger partial charge in [-0.2, -0.15) is 0 Å². The van der Waals surface area contributed by atoms with Crippen LogP contribution in [-0.4, -0.2) is 42.1 Å². The van der Waals surface area contributed by atoms with Crippen LogP contribution in [0.2, 0.25) is 15.1 Å². The van der Waals surface area contributed by atoms with E-state index in [4.69, 9.17) is 34.8 Å². The Hall–Kier alpha value is -1.69. The minimum Gasteiger partial charge on any atom is -0.367 e. The number of halogens is 3. The second-order valence-corrected chi connectivity index (χ2v) is 6.97. The van der Waals surface area contributed by atoms with Gasteiger partial charge in [0.1, 0.15) is 0 Å². The summed E-state index contributed by atoms with van der Waals surface area (Å²) < 4.78 is 0. The molecular formula is C17H17Cl3N4O. The van der Waals surface area contributed by atoms with Gasteiger partial charge in [-0.05, 0) is 24.6 Å². The maximum absolute atomic E-state index is 12.5. The van der Waals surface area contributed by atoms with E-state index >= 15 is 0 Å². The van der Waals surface area contributed by atoms with Crippen LogP contribution in [0.4, 0.5) is 16.2 Å². The van der Waals surface area contributed by atoms with Gasteiger partial charge in [0.15, 0.2) is 0 Å². The van der Waals surface area contributed by atoms with Gasteiger partial charge in [-0.1, -0.05) is 40.9 Å². The van der Waals surface area contributed by atoms with Gasteiger partial charge >= 0.3 is 6.03 Å². The second kappa shape index (κ2) is 8.13. The zero-order valence-corrected chi connectivity index (χ0v) is 15.7. The predicted molar refractivity (Wildman–Crippen MR) is 103 cm³/mol. The van der Waals surface area contributed by atoms with Crippen molar-refractivity contribution in [2.45, 2.75) is 6.42 Å². The molecule has 1 aliphatic rings. The van der Waals surface area contributed by atoms with Gasteiger partial charge in [0.05, 0.1) is 15.7 Å². The molecule has 2 aromatic rings. The standard InChI is InChI=1S/C17H17Cl3N4O/c18-12-3-1-4-13(9-12)22-17(25)24-6-2-5-23(7-8-24)16-14(19)10-21-11-15(16)20/h1,3-4,9-11H,2,5-8H2,(H,22,25). The molecule has 25 heavy (non-hydrogen) atoms. The molecule has 0 radical (unpaired) electrons. The lowest BCUT2D eigenvalue weighted by atomic mass is 10.3. The first-order chi connectivity index (χ1) is 12.0. The lowest BCUT2D eigenvalue weighted by molar-refractivity contribution is 0.215. The molecule has 132 valence electrons. The van der Waals surface area contributed by atoms with E-state index in [1.165, 1.54) is 0 Å². The molecule has 1 saturated heterocycles. The van der Waals surface area contributed by atoms with Crippen LogP contribution in [0, 0.1) is 0 Å². The Balaban J connectivity index is 1.66. The van der Waals surface area contributed by atoms with E-state index in [1.807, 2.05) is 6.07 Å². The summed E-state index contributed by atoms with van der Waals surface area (Å²) in [5.74, 6) is 0. The van der Waals surface area contributed by atoms with Gasteiger partial charge in [0, 0.05) is 49.3 Å². The first-order valence-corrected chi connectivity index (χ1v) is 9.03. The zero-order valence-electron chi connectivity index (χ0n) is 13.4. The number of rotatable bonds is 2. The largest absolute Gasteiger partial charge is 0.367 e. The van der Waals surface area contributed by atoms with Gasteiger partial charge in [0.25, 0.3) is 0 Å². The van der Waals surface area contributed by atoms with Crippen molar-refractivity contribution in [1.82, 2.24) is 9.88 Å². The van der Waals surface area contributed by atoms with E-state index in [9.17, 15) is 4.79 Å². The number of urea groups is 1. The summed E-state index contributed by atoms with van der Waals surface area (Å²) in [6.07, 6.45) is 3.98. The molecule has 0 unspecified atom stereocenters. The smallest absolute Gasteiger partial charge is 0.321 e. The van der Waals surface area contributed by atoms with Crippen molar-refractivity contribution in [2.75, 3.05) is 36.4 Å². The summed E-state index contributed by atoms with van der Waals surface area (Å²) in [6, 6.07) is 6.96. The minimum atomic E-state index is -0.143. The molecule has 0 bridgehead atoms. The van der Waals surface area contributed by atoms with E-state index < -0.39 is 0 Å². The number of aromatic nitrogens is 1. The fraction of sp³-hybridized carbons (Fsp3) is 0.294. The highest BCUT2D eigenvalue weighted by Crippen LogP contribution is 2.33. The van der Waals surface area contributed by atoms with Crippen molar-refractivity contribution in [3.8, 4) is 0 Å². The molecule has 1 aromatic heterocycles. The van der Waals surface area contributed by atoms with Crippen LogP contribution in [0.25, 0.3) is 0 Å². The molecule has 0 saturated carbocycles. The predicted octanol–water partition coefficient (Wildman–Crippen LogP) is 4.79. The topological polar surface area (TPSA) is 48.5 Å². The van der Waals surface area contributed by atoms with Gasteiger partial charge in [-0.15, -0.1) is 0 Å². The molecule has 2 amide bonds. The Labute approximate surface area is 161 Å². The Morgan fingerprint density at radius 2 is 1.80 bits per heavy atom. The highest BCUT2D eigenvalue weighted by Gasteiger charge is 2.22. The molecule has 1 fully saturated rings. The molecule has 0 spiro atoms. The third-order valence-corrected chi connectivity index (χ3v) is 4.79. The maximum Gasteiger partial charge on any atom is 0.321 e. The van der Waals surface area contributed by atoms with E-state index in [1.54, 1.807) is 35.5 Å².